The number of aliphatic hydroxyl groups excluding tert-OH is 1. The number of nitrogens with two attached hydrogens (primary N) is 1. The number of aliphatic hydroxyl groups is 1. The zero-order valence-corrected chi connectivity index (χ0v) is 15.5. The second kappa shape index (κ2) is 13.9. The maximum Gasteiger partial charge on any atom is 0.0914 e. The molecule has 3 nitrogen and oxygen atoms in total. The van der Waals surface area contributed by atoms with Gasteiger partial charge >= 0.3 is 0 Å². The van der Waals surface area contributed by atoms with Gasteiger partial charge in [-0.2, -0.15) is 0 Å². The Morgan fingerprint density at radius 3 is 2.64 bits per heavy atom. The smallest absolute Gasteiger partial charge is 0.0914 e. The van der Waals surface area contributed by atoms with E-state index in [1.165, 1.54) is 5.57 Å². The zero-order chi connectivity index (χ0) is 19.1. The number of aryl methyl sites for hydroxylation is 1. The van der Waals surface area contributed by atoms with Gasteiger partial charge in [-0.1, -0.05) is 61.6 Å². The normalized spacial score (nSPS) is 13.2. The Morgan fingerprint density at radius 2 is 1.96 bits per heavy atom. The van der Waals surface area contributed by atoms with Gasteiger partial charge in [0, 0.05) is 6.54 Å². The van der Waals surface area contributed by atoms with E-state index in [4.69, 9.17) is 5.73 Å². The number of hydrogen-bond acceptors (Lipinski definition) is 3. The second-order valence-electron chi connectivity index (χ2n) is 5.23. The van der Waals surface area contributed by atoms with Gasteiger partial charge in [-0.25, -0.2) is 0 Å². The molecule has 0 unspecified atom stereocenters. The molecule has 1 aliphatic carbocycles. The molecule has 1 aliphatic rings. The second-order valence-corrected chi connectivity index (χ2v) is 5.23. The largest absolute Gasteiger partial charge is 0.392 e. The molecule has 0 aromatic heterocycles. The summed E-state index contributed by atoms with van der Waals surface area (Å²) in [7, 11) is 0. The van der Waals surface area contributed by atoms with Crippen LogP contribution in [0.2, 0.25) is 0 Å². The van der Waals surface area contributed by atoms with E-state index in [9.17, 15) is 5.11 Å². The van der Waals surface area contributed by atoms with Crippen molar-refractivity contribution in [3.63, 3.8) is 0 Å². The third-order valence-electron chi connectivity index (χ3n) is 3.38. The highest BCUT2D eigenvalue weighted by Crippen LogP contribution is 2.13. The fourth-order valence-electron chi connectivity index (χ4n) is 2.18. The Balaban J connectivity index is 0.00000134. The van der Waals surface area contributed by atoms with Gasteiger partial charge in [-0.05, 0) is 43.2 Å². The van der Waals surface area contributed by atoms with Crippen LogP contribution >= 0.6 is 0 Å². The molecular formula is C22H30N2O. The standard InChI is InChI=1S/C18H22N2O.C2H6.C2H2/c1-14-4-2-6-16(12-14)18(21)13-20-11-10-15-5-3-7-17(19)9-8-15;2*1-2/h2-6,8-9,12,18,20-21H,10-11,13,19H2,1H3;1-2H3;1-2H/t18-;;/m0../s1. The fourth-order valence-corrected chi connectivity index (χ4v) is 2.18. The van der Waals surface area contributed by atoms with Gasteiger partial charge in [-0.3, -0.25) is 0 Å². The minimum atomic E-state index is -0.472. The Hall–Kier alpha value is -2.50. The topological polar surface area (TPSA) is 58.3 Å². The molecule has 0 heterocycles. The van der Waals surface area contributed by atoms with Crippen LogP contribution in [0.25, 0.3) is 0 Å². The monoisotopic (exact) mass is 338 g/mol. The minimum absolute atomic E-state index is 0.472. The molecular weight excluding hydrogens is 308 g/mol. The van der Waals surface area contributed by atoms with Gasteiger partial charge in [0.2, 0.25) is 0 Å². The summed E-state index contributed by atoms with van der Waals surface area (Å²) in [6.07, 6.45) is 16.1. The highest BCUT2D eigenvalue weighted by molar-refractivity contribution is 5.32. The molecule has 0 radical (unpaired) electrons. The Labute approximate surface area is 152 Å². The molecule has 0 spiro atoms. The van der Waals surface area contributed by atoms with Crippen LogP contribution in [-0.4, -0.2) is 18.2 Å². The van der Waals surface area contributed by atoms with Gasteiger partial charge in [0.15, 0.2) is 0 Å². The number of terminal acetylenes is 1. The first-order chi connectivity index (χ1) is 12.1. The van der Waals surface area contributed by atoms with Crippen LogP contribution in [0.15, 0.2) is 65.6 Å². The summed E-state index contributed by atoms with van der Waals surface area (Å²) in [5.74, 6) is 0. The molecule has 1 atom stereocenters. The first-order valence-corrected chi connectivity index (χ1v) is 8.53. The summed E-state index contributed by atoms with van der Waals surface area (Å²) in [5.41, 5.74) is 12.6. The van der Waals surface area contributed by atoms with Gasteiger partial charge in [0.1, 0.15) is 0 Å². The lowest BCUT2D eigenvalue weighted by Gasteiger charge is -2.13. The van der Waals surface area contributed by atoms with Crippen LogP contribution in [-0.2, 0) is 0 Å². The highest BCUT2D eigenvalue weighted by atomic mass is 16.3. The lowest BCUT2D eigenvalue weighted by atomic mass is 10.1. The van der Waals surface area contributed by atoms with E-state index in [-0.39, 0.29) is 0 Å². The van der Waals surface area contributed by atoms with Crippen molar-refractivity contribution in [2.45, 2.75) is 33.3 Å². The maximum atomic E-state index is 10.1. The highest BCUT2D eigenvalue weighted by Gasteiger charge is 2.06. The zero-order valence-electron chi connectivity index (χ0n) is 15.5. The third kappa shape index (κ3) is 9.39. The molecule has 0 amide bonds. The van der Waals surface area contributed by atoms with Crippen LogP contribution in [0.4, 0.5) is 0 Å². The van der Waals surface area contributed by atoms with Gasteiger partial charge < -0.3 is 16.2 Å². The number of benzene rings is 1. The molecule has 0 saturated heterocycles. The summed E-state index contributed by atoms with van der Waals surface area (Å²) in [6.45, 7) is 7.39. The lowest BCUT2D eigenvalue weighted by Crippen LogP contribution is -2.22. The lowest BCUT2D eigenvalue weighted by molar-refractivity contribution is 0.175. The van der Waals surface area contributed by atoms with Crippen LogP contribution in [0.1, 0.15) is 37.5 Å². The van der Waals surface area contributed by atoms with Gasteiger partial charge in [0.25, 0.3) is 0 Å². The molecule has 1 aromatic rings. The molecule has 0 bridgehead atoms. The average molecular weight is 338 g/mol. The van der Waals surface area contributed by atoms with Crippen molar-refractivity contribution in [2.75, 3.05) is 13.1 Å². The molecule has 4 N–H and O–H groups in total. The molecule has 3 heteroatoms. The maximum absolute atomic E-state index is 10.1. The molecule has 1 aromatic carbocycles. The Bertz CT molecular complexity index is 647. The summed E-state index contributed by atoms with van der Waals surface area (Å²) in [6, 6.07) is 7.97. The first kappa shape index (κ1) is 22.5. The van der Waals surface area contributed by atoms with Crippen LogP contribution < -0.4 is 11.1 Å². The number of nitrogens with one attached hydrogen (secondary N) is 1. The van der Waals surface area contributed by atoms with E-state index in [0.29, 0.717) is 12.2 Å². The van der Waals surface area contributed by atoms with Crippen LogP contribution in [0.5, 0.6) is 0 Å². The van der Waals surface area contributed by atoms with E-state index < -0.39 is 6.10 Å². The number of allylic oxidation sites excluding steroid dienone is 3. The molecule has 134 valence electrons. The van der Waals surface area contributed by atoms with Crippen molar-refractivity contribution in [1.29, 1.82) is 0 Å². The molecule has 0 aliphatic heterocycles. The van der Waals surface area contributed by atoms with Gasteiger partial charge in [0.05, 0.1) is 11.8 Å². The number of rotatable bonds is 6. The Kier molecular flexibility index (Phi) is 12.5. The van der Waals surface area contributed by atoms with E-state index in [1.807, 2.05) is 69.3 Å². The summed E-state index contributed by atoms with van der Waals surface area (Å²) in [4.78, 5) is 0. The van der Waals surface area contributed by atoms with E-state index in [1.54, 1.807) is 0 Å². The van der Waals surface area contributed by atoms with E-state index in [0.717, 1.165) is 24.1 Å². The molecule has 25 heavy (non-hydrogen) atoms. The Morgan fingerprint density at radius 1 is 1.24 bits per heavy atom. The van der Waals surface area contributed by atoms with Crippen LogP contribution in [0.3, 0.4) is 0 Å². The molecule has 2 rings (SSSR count). The predicted molar refractivity (Wildman–Crippen MR) is 108 cm³/mol. The van der Waals surface area contributed by atoms with Crippen molar-refractivity contribution in [3.05, 3.63) is 76.7 Å². The van der Waals surface area contributed by atoms with Crippen molar-refractivity contribution < 1.29 is 5.11 Å². The quantitative estimate of drug-likeness (QED) is 0.420. The van der Waals surface area contributed by atoms with Crippen molar-refractivity contribution in [1.82, 2.24) is 5.32 Å². The predicted octanol–water partition coefficient (Wildman–Crippen LogP) is 3.78. The molecule has 0 saturated carbocycles. The fraction of sp³-hybridized carbons (Fsp3) is 0.318. The first-order valence-electron chi connectivity index (χ1n) is 8.53. The molecule has 0 fully saturated rings. The summed E-state index contributed by atoms with van der Waals surface area (Å²) >= 11 is 0. The van der Waals surface area contributed by atoms with Gasteiger partial charge in [-0.15, -0.1) is 12.8 Å². The van der Waals surface area contributed by atoms with Crippen molar-refractivity contribution in [3.8, 4) is 12.8 Å². The average Bonchev–Trinajstić information content (AvgIpc) is 2.86. The summed E-state index contributed by atoms with van der Waals surface area (Å²) in [5, 5.41) is 13.4. The number of hydrogen-bond donors (Lipinski definition) is 3. The van der Waals surface area contributed by atoms with Crippen molar-refractivity contribution >= 4 is 0 Å². The third-order valence-corrected chi connectivity index (χ3v) is 3.38. The summed E-state index contributed by atoms with van der Waals surface area (Å²) < 4.78 is 0. The minimum Gasteiger partial charge on any atom is -0.392 e. The van der Waals surface area contributed by atoms with Crippen LogP contribution in [0, 0.1) is 19.8 Å². The van der Waals surface area contributed by atoms with E-state index in [2.05, 4.69) is 23.9 Å². The van der Waals surface area contributed by atoms with Crippen molar-refractivity contribution in [2.24, 2.45) is 5.73 Å². The SMILES string of the molecule is C#C.CC.Cc1cccc([C@@H](O)CNCCC2=CC=C=C(N)C=C2)c1. The van der Waals surface area contributed by atoms with E-state index >= 15 is 0 Å².